The molecular weight excluding hydrogens is 1370 g/mol. The Kier molecular flexibility index (Phi) is 30.7. The standard InChI is InChI=1S/C81H83F3O21/c82-67-46-57(34-37-64(67)79(91)100-60-31-25-54-28-40-76(88)103-70(54)49-60)94-43-19-13-7-1-4-10-16-22-73(85)97-52-63(99-75(87)24-18-12-6-3-9-15-21-45-96-59-36-39-66(69(84)48-59)81(93)102-62-33-27-56-30-42-78(90)105-72(56)51-62)53-98-74(86)23-17-11-5-2-8-14-20-44-95-58-35-38-65(68(83)47-58)80(92)101-61-32-26-55-29-41-77(89)104-71(55)50-61/h25-42,46-51,63H,1-24,43-45,52-53H2. The van der Waals surface area contributed by atoms with Crippen LogP contribution in [0.5, 0.6) is 34.5 Å². The topological polar surface area (TPSA) is 276 Å². The van der Waals surface area contributed by atoms with Gasteiger partial charge in [-0.15, -0.1) is 0 Å². The third-order valence-electron chi connectivity index (χ3n) is 16.9. The van der Waals surface area contributed by atoms with Gasteiger partial charge in [-0.05, 0) is 130 Å². The number of hydrogen-bond acceptors (Lipinski definition) is 21. The molecule has 0 spiro atoms. The molecule has 21 nitrogen and oxygen atoms in total. The van der Waals surface area contributed by atoms with Crippen molar-refractivity contribution in [2.24, 2.45) is 0 Å². The Bertz CT molecular complexity index is 4410. The van der Waals surface area contributed by atoms with E-state index in [1.54, 1.807) is 36.4 Å². The average Bonchev–Trinajstić information content (AvgIpc) is 0.824. The van der Waals surface area contributed by atoms with E-state index in [2.05, 4.69) is 0 Å². The first kappa shape index (κ1) is 78.1. The van der Waals surface area contributed by atoms with Crippen LogP contribution in [0.3, 0.4) is 0 Å². The van der Waals surface area contributed by atoms with Gasteiger partial charge in [0, 0.05) is 90.0 Å². The average molecular weight is 1450 g/mol. The van der Waals surface area contributed by atoms with Crippen LogP contribution in [0.1, 0.15) is 185 Å². The molecule has 0 radical (unpaired) electrons. The van der Waals surface area contributed by atoms with Crippen LogP contribution in [0, 0.1) is 17.5 Å². The predicted molar refractivity (Wildman–Crippen MR) is 381 cm³/mol. The first-order valence-corrected chi connectivity index (χ1v) is 35.5. The Morgan fingerprint density at radius 1 is 0.305 bits per heavy atom. The largest absolute Gasteiger partial charge is 0.493 e. The molecule has 3 aromatic heterocycles. The second kappa shape index (κ2) is 41.3. The van der Waals surface area contributed by atoms with E-state index in [0.717, 1.165) is 115 Å². The molecule has 0 aliphatic heterocycles. The summed E-state index contributed by atoms with van der Waals surface area (Å²) >= 11 is 0. The summed E-state index contributed by atoms with van der Waals surface area (Å²) in [5.41, 5.74) is -1.86. The minimum absolute atomic E-state index is 0.0864. The summed E-state index contributed by atoms with van der Waals surface area (Å²) in [6.45, 7) is 0.444. The fourth-order valence-electron chi connectivity index (χ4n) is 11.3. The summed E-state index contributed by atoms with van der Waals surface area (Å²) in [6, 6.07) is 33.8. The summed E-state index contributed by atoms with van der Waals surface area (Å²) in [5.74, 6) is -5.60. The molecule has 0 aliphatic rings. The number of carbonyl (C=O) groups excluding carboxylic acids is 6. The molecule has 0 unspecified atom stereocenters. The molecule has 0 aliphatic carbocycles. The highest BCUT2D eigenvalue weighted by atomic mass is 19.1. The number of hydrogen-bond donors (Lipinski definition) is 0. The molecule has 24 heteroatoms. The SMILES string of the molecule is O=C(CCCCCCCCCOc1ccc(C(=O)Oc2ccc3ccc(=O)oc3c2)c(F)c1)OCC(COC(=O)CCCCCCCCCOc1ccc(C(=O)Oc2ccc3ccc(=O)oc3c2)c(F)c1)OC(=O)CCCCCCCCCOc1ccc(C(=O)Oc2ccc3ccc(=O)oc3c2)c(F)c1. The maximum absolute atomic E-state index is 15.0. The van der Waals surface area contributed by atoms with Crippen LogP contribution in [0.25, 0.3) is 32.9 Å². The van der Waals surface area contributed by atoms with Crippen molar-refractivity contribution >= 4 is 68.7 Å². The molecule has 0 saturated heterocycles. The highest BCUT2D eigenvalue weighted by Gasteiger charge is 2.22. The summed E-state index contributed by atoms with van der Waals surface area (Å²) in [5, 5.41) is 1.89. The number of carbonyl (C=O) groups is 6. The summed E-state index contributed by atoms with van der Waals surface area (Å²) in [7, 11) is 0. The first-order chi connectivity index (χ1) is 51.0. The fourth-order valence-corrected chi connectivity index (χ4v) is 11.3. The van der Waals surface area contributed by atoms with Gasteiger partial charge in [-0.2, -0.15) is 0 Å². The monoisotopic (exact) mass is 1450 g/mol. The molecule has 0 bridgehead atoms. The highest BCUT2D eigenvalue weighted by Crippen LogP contribution is 2.28. The zero-order valence-corrected chi connectivity index (χ0v) is 58.1. The minimum Gasteiger partial charge on any atom is -0.493 e. The first-order valence-electron chi connectivity index (χ1n) is 35.5. The number of esters is 6. The van der Waals surface area contributed by atoms with E-state index < -0.39 is 76.2 Å². The molecule has 6 aromatic carbocycles. The summed E-state index contributed by atoms with van der Waals surface area (Å²) in [4.78, 5) is 112. The van der Waals surface area contributed by atoms with E-state index in [4.69, 9.17) is 55.9 Å². The van der Waals surface area contributed by atoms with Crippen LogP contribution < -0.4 is 45.3 Å². The second-order valence-corrected chi connectivity index (χ2v) is 25.2. The van der Waals surface area contributed by atoms with E-state index >= 15 is 0 Å². The lowest BCUT2D eigenvalue weighted by Crippen LogP contribution is -2.30. The number of benzene rings is 6. The Hall–Kier alpha value is -11.0. The van der Waals surface area contributed by atoms with Crippen LogP contribution >= 0.6 is 0 Å². The van der Waals surface area contributed by atoms with Gasteiger partial charge in [-0.25, -0.2) is 41.9 Å². The van der Waals surface area contributed by atoms with E-state index in [1.165, 1.54) is 91.0 Å². The highest BCUT2D eigenvalue weighted by molar-refractivity contribution is 5.94. The van der Waals surface area contributed by atoms with Gasteiger partial charge in [0.05, 0.1) is 36.5 Å². The van der Waals surface area contributed by atoms with Gasteiger partial charge in [0.2, 0.25) is 0 Å². The van der Waals surface area contributed by atoms with Gasteiger partial charge in [0.15, 0.2) is 6.10 Å². The van der Waals surface area contributed by atoms with Crippen molar-refractivity contribution in [1.82, 2.24) is 0 Å². The normalized spacial score (nSPS) is 11.2. The number of rotatable bonds is 44. The molecule has 3 heterocycles. The van der Waals surface area contributed by atoms with Crippen molar-refractivity contribution in [3.63, 3.8) is 0 Å². The van der Waals surface area contributed by atoms with Crippen LogP contribution in [-0.2, 0) is 28.6 Å². The van der Waals surface area contributed by atoms with Crippen molar-refractivity contribution < 1.29 is 97.8 Å². The molecule has 554 valence electrons. The zero-order valence-electron chi connectivity index (χ0n) is 58.1. The van der Waals surface area contributed by atoms with E-state index in [0.29, 0.717) is 74.5 Å². The Morgan fingerprint density at radius 3 is 0.876 bits per heavy atom. The quantitative estimate of drug-likeness (QED) is 0.0113. The van der Waals surface area contributed by atoms with Crippen LogP contribution in [0.4, 0.5) is 13.2 Å². The number of halogens is 3. The van der Waals surface area contributed by atoms with Crippen molar-refractivity contribution in [2.45, 2.75) is 160 Å². The van der Waals surface area contributed by atoms with Gasteiger partial charge < -0.3 is 55.9 Å². The summed E-state index contributed by atoms with van der Waals surface area (Å²) in [6.07, 6.45) is 16.2. The van der Waals surface area contributed by atoms with E-state index in [9.17, 15) is 56.3 Å². The smallest absolute Gasteiger partial charge is 0.346 e. The Morgan fingerprint density at radius 2 is 0.571 bits per heavy atom. The fraction of sp³-hybridized carbons (Fsp3) is 0.370. The lowest BCUT2D eigenvalue weighted by molar-refractivity contribution is -0.167. The minimum atomic E-state index is -1.00. The molecule has 9 rings (SSSR count). The molecule has 105 heavy (non-hydrogen) atoms. The zero-order chi connectivity index (χ0) is 74.1. The van der Waals surface area contributed by atoms with Crippen LogP contribution in [0.15, 0.2) is 173 Å². The number of ether oxygens (including phenoxy) is 9. The maximum Gasteiger partial charge on any atom is 0.346 e. The van der Waals surface area contributed by atoms with Crippen LogP contribution in [-0.4, -0.2) is 75.0 Å². The lowest BCUT2D eigenvalue weighted by Gasteiger charge is -2.18. The van der Waals surface area contributed by atoms with Crippen molar-refractivity contribution in [2.75, 3.05) is 33.0 Å². The second-order valence-electron chi connectivity index (χ2n) is 25.2. The van der Waals surface area contributed by atoms with Crippen molar-refractivity contribution in [1.29, 1.82) is 0 Å². The summed E-state index contributed by atoms with van der Waals surface area (Å²) < 4.78 is 110. The Balaban J connectivity index is 0.617. The van der Waals surface area contributed by atoms with E-state index in [1.807, 2.05) is 0 Å². The third kappa shape index (κ3) is 26.3. The number of unbranched alkanes of at least 4 members (excludes halogenated alkanes) is 18. The predicted octanol–water partition coefficient (Wildman–Crippen LogP) is 17.0. The van der Waals surface area contributed by atoms with Crippen molar-refractivity contribution in [3.05, 3.63) is 211 Å². The third-order valence-corrected chi connectivity index (χ3v) is 16.9. The van der Waals surface area contributed by atoms with Gasteiger partial charge in [0.25, 0.3) is 0 Å². The molecule has 0 N–H and O–H groups in total. The molecule has 0 saturated carbocycles. The van der Waals surface area contributed by atoms with Crippen LogP contribution in [0.2, 0.25) is 0 Å². The molecule has 9 aromatic rings. The molecular formula is C81H83F3O21. The Labute approximate surface area is 602 Å². The molecule has 0 atom stereocenters. The molecule has 0 amide bonds. The molecule has 0 fully saturated rings. The van der Waals surface area contributed by atoms with Gasteiger partial charge in [-0.3, -0.25) is 14.4 Å². The van der Waals surface area contributed by atoms with Gasteiger partial charge in [0.1, 0.15) is 81.9 Å². The van der Waals surface area contributed by atoms with Gasteiger partial charge >= 0.3 is 52.7 Å². The number of fused-ring (bicyclic) bond motifs is 3. The van der Waals surface area contributed by atoms with Crippen molar-refractivity contribution in [3.8, 4) is 34.5 Å². The maximum atomic E-state index is 15.0. The van der Waals surface area contributed by atoms with Gasteiger partial charge in [-0.1, -0.05) is 96.3 Å². The lowest BCUT2D eigenvalue weighted by atomic mass is 10.1. The van der Waals surface area contributed by atoms with E-state index in [-0.39, 0.29) is 100 Å².